The van der Waals surface area contributed by atoms with Gasteiger partial charge in [-0.05, 0) is 0 Å². The molecule has 2 N–H and O–H groups in total. The van der Waals surface area contributed by atoms with Crippen molar-refractivity contribution in [2.24, 2.45) is 0 Å². The van der Waals surface area contributed by atoms with Gasteiger partial charge in [-0.1, -0.05) is 30.3 Å². The minimum Gasteiger partial charge on any atom is -0.479 e. The van der Waals surface area contributed by atoms with Crippen molar-refractivity contribution in [3.8, 4) is 0 Å². The van der Waals surface area contributed by atoms with Crippen LogP contribution >= 0.6 is 7.80 Å². The first-order chi connectivity index (χ1) is 6.13. The minimum atomic E-state index is -2.64. The molecule has 70 valence electrons. The third kappa shape index (κ3) is 2.41. The van der Waals surface area contributed by atoms with Gasteiger partial charge in [0.05, 0.1) is 0 Å². The molecule has 0 aliphatic heterocycles. The second-order valence-electron chi connectivity index (χ2n) is 2.47. The van der Waals surface area contributed by atoms with Crippen LogP contribution in [0.5, 0.6) is 0 Å². The summed E-state index contributed by atoms with van der Waals surface area (Å²) in [6.45, 7) is 0. The average Bonchev–Trinajstić information content (AvgIpc) is 2.17. The topological polar surface area (TPSA) is 74.6 Å². The molecule has 1 rings (SSSR count). The molecular formula is C8H9O4P. The van der Waals surface area contributed by atoms with Crippen LogP contribution in [-0.4, -0.2) is 22.0 Å². The molecule has 1 aromatic rings. The van der Waals surface area contributed by atoms with Crippen LogP contribution in [0.2, 0.25) is 0 Å². The second kappa shape index (κ2) is 4.21. The molecule has 5 heteroatoms. The molecule has 0 bridgehead atoms. The highest BCUT2D eigenvalue weighted by Crippen LogP contribution is 2.24. The van der Waals surface area contributed by atoms with Crippen molar-refractivity contribution < 1.29 is 19.6 Å². The van der Waals surface area contributed by atoms with Gasteiger partial charge < -0.3 is 14.8 Å². The average molecular weight is 200 g/mol. The minimum absolute atomic E-state index is 0.377. The summed E-state index contributed by atoms with van der Waals surface area (Å²) in [6, 6.07) is 8.09. The summed E-state index contributed by atoms with van der Waals surface area (Å²) in [5.41, 5.74) is 0. The van der Waals surface area contributed by atoms with Gasteiger partial charge in [-0.2, -0.15) is 0 Å². The Morgan fingerprint density at radius 1 is 1.31 bits per heavy atom. The SMILES string of the molecule is O=C(O)C(O)[PH](=O)c1ccccc1. The number of aliphatic hydroxyl groups excluding tert-OH is 1. The first-order valence-electron chi connectivity index (χ1n) is 3.63. The van der Waals surface area contributed by atoms with Gasteiger partial charge in [0, 0.05) is 5.30 Å². The Kier molecular flexibility index (Phi) is 3.23. The lowest BCUT2D eigenvalue weighted by molar-refractivity contribution is -0.142. The molecule has 1 aromatic carbocycles. The van der Waals surface area contributed by atoms with Gasteiger partial charge in [-0.15, -0.1) is 0 Å². The number of hydrogen-bond donors (Lipinski definition) is 2. The van der Waals surface area contributed by atoms with Gasteiger partial charge >= 0.3 is 5.97 Å². The number of aliphatic carboxylic acids is 1. The van der Waals surface area contributed by atoms with Crippen LogP contribution in [0.1, 0.15) is 0 Å². The van der Waals surface area contributed by atoms with Crippen molar-refractivity contribution in [3.63, 3.8) is 0 Å². The highest BCUT2D eigenvalue weighted by molar-refractivity contribution is 7.55. The van der Waals surface area contributed by atoms with Gasteiger partial charge in [0.25, 0.3) is 0 Å². The van der Waals surface area contributed by atoms with E-state index in [1.807, 2.05) is 0 Å². The number of rotatable bonds is 3. The first-order valence-corrected chi connectivity index (χ1v) is 5.11. The molecule has 0 saturated heterocycles. The summed E-state index contributed by atoms with van der Waals surface area (Å²) in [5, 5.41) is 17.7. The summed E-state index contributed by atoms with van der Waals surface area (Å²) in [7, 11) is -2.64. The third-order valence-corrected chi connectivity index (χ3v) is 3.19. The van der Waals surface area contributed by atoms with E-state index in [0.29, 0.717) is 5.30 Å². The van der Waals surface area contributed by atoms with E-state index < -0.39 is 19.6 Å². The predicted molar refractivity (Wildman–Crippen MR) is 48.7 cm³/mol. The van der Waals surface area contributed by atoms with E-state index in [-0.39, 0.29) is 0 Å². The van der Waals surface area contributed by atoms with Crippen LogP contribution in [-0.2, 0) is 9.36 Å². The number of carboxylic acid groups (broad SMARTS) is 1. The lowest BCUT2D eigenvalue weighted by Gasteiger charge is -2.04. The Hall–Kier alpha value is -1.12. The summed E-state index contributed by atoms with van der Waals surface area (Å²) < 4.78 is 11.3. The maximum atomic E-state index is 11.3. The van der Waals surface area contributed by atoms with Crippen LogP contribution in [0.4, 0.5) is 0 Å². The molecule has 13 heavy (non-hydrogen) atoms. The summed E-state index contributed by atoms with van der Waals surface area (Å²) in [5.74, 6) is -3.24. The Bertz CT molecular complexity index is 322. The quantitative estimate of drug-likeness (QED) is 0.687. The van der Waals surface area contributed by atoms with E-state index in [1.54, 1.807) is 18.2 Å². The number of carbonyl (C=O) groups is 1. The van der Waals surface area contributed by atoms with Crippen molar-refractivity contribution in [3.05, 3.63) is 30.3 Å². The third-order valence-electron chi connectivity index (χ3n) is 1.54. The Balaban J connectivity index is 2.86. The normalized spacial score (nSPS) is 14.8. The molecule has 0 fully saturated rings. The predicted octanol–water partition coefficient (Wildman–Crippen LogP) is 0.275. The zero-order chi connectivity index (χ0) is 9.84. The fraction of sp³-hybridized carbons (Fsp3) is 0.125. The monoisotopic (exact) mass is 200 g/mol. The molecule has 0 spiro atoms. The van der Waals surface area contributed by atoms with E-state index in [4.69, 9.17) is 10.2 Å². The lowest BCUT2D eigenvalue weighted by Crippen LogP contribution is -2.18. The molecule has 2 atom stereocenters. The van der Waals surface area contributed by atoms with Gasteiger partial charge in [-0.3, -0.25) is 0 Å². The van der Waals surface area contributed by atoms with Gasteiger partial charge in [0.2, 0.25) is 5.85 Å². The Labute approximate surface area is 75.6 Å². The highest BCUT2D eigenvalue weighted by Gasteiger charge is 2.21. The number of benzene rings is 1. The van der Waals surface area contributed by atoms with Crippen LogP contribution in [0.3, 0.4) is 0 Å². The van der Waals surface area contributed by atoms with E-state index >= 15 is 0 Å². The standard InChI is InChI=1S/C8H9O4P/c9-7(10)8(11)13(12)6-4-2-1-3-5-6/h1-5,8,11,13H,(H,9,10). The molecular weight excluding hydrogens is 191 g/mol. The summed E-state index contributed by atoms with van der Waals surface area (Å²) in [6.07, 6.45) is 0. The van der Waals surface area contributed by atoms with E-state index in [1.165, 1.54) is 12.1 Å². The lowest BCUT2D eigenvalue weighted by atomic mass is 10.4. The first kappa shape index (κ1) is 9.96. The van der Waals surface area contributed by atoms with Crippen LogP contribution < -0.4 is 5.30 Å². The molecule has 0 radical (unpaired) electrons. The van der Waals surface area contributed by atoms with Gasteiger partial charge in [0.15, 0.2) is 0 Å². The van der Waals surface area contributed by atoms with Crippen LogP contribution in [0.25, 0.3) is 0 Å². The van der Waals surface area contributed by atoms with Crippen molar-refractivity contribution in [2.45, 2.75) is 5.85 Å². The zero-order valence-electron chi connectivity index (χ0n) is 6.68. The Morgan fingerprint density at radius 3 is 2.31 bits per heavy atom. The van der Waals surface area contributed by atoms with Gasteiger partial charge in [-0.25, -0.2) is 4.79 Å². The number of aliphatic hydroxyl groups is 1. The highest BCUT2D eigenvalue weighted by atomic mass is 31.1. The van der Waals surface area contributed by atoms with Crippen molar-refractivity contribution in [1.82, 2.24) is 0 Å². The smallest absolute Gasteiger partial charge is 0.340 e. The molecule has 0 aromatic heterocycles. The second-order valence-corrected chi connectivity index (χ2v) is 4.32. The fourth-order valence-electron chi connectivity index (χ4n) is 0.872. The van der Waals surface area contributed by atoms with E-state index in [0.717, 1.165) is 0 Å². The molecule has 4 nitrogen and oxygen atoms in total. The zero-order valence-corrected chi connectivity index (χ0v) is 7.68. The summed E-state index contributed by atoms with van der Waals surface area (Å²) in [4.78, 5) is 10.3. The molecule has 0 saturated carbocycles. The van der Waals surface area contributed by atoms with E-state index in [2.05, 4.69) is 0 Å². The Morgan fingerprint density at radius 2 is 1.85 bits per heavy atom. The molecule has 2 unspecified atom stereocenters. The van der Waals surface area contributed by atoms with Crippen molar-refractivity contribution >= 4 is 19.1 Å². The van der Waals surface area contributed by atoms with E-state index in [9.17, 15) is 9.36 Å². The molecule has 0 heterocycles. The summed E-state index contributed by atoms with van der Waals surface area (Å²) >= 11 is 0. The number of carboxylic acids is 1. The molecule has 0 aliphatic rings. The van der Waals surface area contributed by atoms with Crippen LogP contribution in [0.15, 0.2) is 30.3 Å². The fourth-order valence-corrected chi connectivity index (χ4v) is 1.93. The maximum Gasteiger partial charge on any atom is 0.340 e. The number of hydrogen-bond acceptors (Lipinski definition) is 3. The van der Waals surface area contributed by atoms with Crippen LogP contribution in [0, 0.1) is 0 Å². The van der Waals surface area contributed by atoms with Gasteiger partial charge in [0.1, 0.15) is 7.80 Å². The molecule has 0 aliphatic carbocycles. The van der Waals surface area contributed by atoms with Crippen molar-refractivity contribution in [1.29, 1.82) is 0 Å². The largest absolute Gasteiger partial charge is 0.479 e. The maximum absolute atomic E-state index is 11.3. The van der Waals surface area contributed by atoms with Crippen molar-refractivity contribution in [2.75, 3.05) is 0 Å². The molecule has 0 amide bonds.